The van der Waals surface area contributed by atoms with Gasteiger partial charge >= 0.3 is 0 Å². The number of rotatable bonds is 5. The Hall–Kier alpha value is -6.74. The predicted octanol–water partition coefficient (Wildman–Crippen LogP) is 15.5. The molecule has 252 valence electrons. The lowest BCUT2D eigenvalue weighted by Crippen LogP contribution is -2.10. The maximum atomic E-state index is 2.42. The van der Waals surface area contributed by atoms with Gasteiger partial charge < -0.3 is 4.90 Å². The van der Waals surface area contributed by atoms with Crippen LogP contribution in [0.15, 0.2) is 200 Å². The number of anilines is 3. The zero-order chi connectivity index (χ0) is 35.6. The van der Waals surface area contributed by atoms with Crippen LogP contribution in [0.3, 0.4) is 0 Å². The zero-order valence-electron chi connectivity index (χ0n) is 29.4. The van der Waals surface area contributed by atoms with Crippen LogP contribution >= 0.6 is 11.3 Å². The Bertz CT molecular complexity index is 3050. The minimum Gasteiger partial charge on any atom is -0.309 e. The third-order valence-corrected chi connectivity index (χ3v) is 12.2. The van der Waals surface area contributed by atoms with Crippen molar-refractivity contribution in [2.75, 3.05) is 4.90 Å². The normalized spacial score (nSPS) is 11.7. The molecule has 0 saturated carbocycles. The van der Waals surface area contributed by atoms with Gasteiger partial charge in [-0.3, -0.25) is 0 Å². The van der Waals surface area contributed by atoms with Gasteiger partial charge in [-0.05, 0) is 114 Å². The van der Waals surface area contributed by atoms with Crippen LogP contribution in [0.25, 0.3) is 85.5 Å². The lowest BCUT2D eigenvalue weighted by Gasteiger charge is -2.26. The quantitative estimate of drug-likeness (QED) is 0.161. The van der Waals surface area contributed by atoms with E-state index in [9.17, 15) is 0 Å². The number of hydrogen-bond donors (Lipinski definition) is 0. The average molecular weight is 704 g/mol. The van der Waals surface area contributed by atoms with Gasteiger partial charge in [0.05, 0.1) is 10.4 Å². The Balaban J connectivity index is 1.03. The second-order valence-corrected chi connectivity index (χ2v) is 15.2. The first kappa shape index (κ1) is 30.8. The van der Waals surface area contributed by atoms with Crippen LogP contribution in [-0.2, 0) is 0 Å². The second kappa shape index (κ2) is 12.4. The minimum atomic E-state index is 1.12. The van der Waals surface area contributed by atoms with E-state index in [4.69, 9.17) is 0 Å². The van der Waals surface area contributed by atoms with Crippen LogP contribution in [0, 0.1) is 0 Å². The fraction of sp³-hybridized carbons (Fsp3) is 0. The highest BCUT2D eigenvalue weighted by Crippen LogP contribution is 2.45. The Morgan fingerprint density at radius 3 is 1.28 bits per heavy atom. The van der Waals surface area contributed by atoms with Crippen LogP contribution < -0.4 is 4.90 Å². The van der Waals surface area contributed by atoms with Crippen molar-refractivity contribution in [2.24, 2.45) is 0 Å². The van der Waals surface area contributed by atoms with Gasteiger partial charge in [-0.25, -0.2) is 0 Å². The first-order valence-electron chi connectivity index (χ1n) is 18.5. The van der Waals surface area contributed by atoms with E-state index >= 15 is 0 Å². The molecule has 1 aromatic heterocycles. The largest absolute Gasteiger partial charge is 0.309 e. The van der Waals surface area contributed by atoms with Crippen LogP contribution in [0.1, 0.15) is 0 Å². The molecule has 0 radical (unpaired) electrons. The van der Waals surface area contributed by atoms with Crippen LogP contribution in [0.2, 0.25) is 0 Å². The zero-order valence-corrected chi connectivity index (χ0v) is 30.2. The maximum absolute atomic E-state index is 2.42. The molecule has 0 spiro atoms. The molecule has 0 atom stereocenters. The Morgan fingerprint density at radius 2 is 0.722 bits per heavy atom. The molecule has 1 heterocycles. The Labute approximate surface area is 317 Å². The van der Waals surface area contributed by atoms with E-state index in [0.717, 1.165) is 11.4 Å². The molecule has 54 heavy (non-hydrogen) atoms. The molecule has 0 bridgehead atoms. The van der Waals surface area contributed by atoms with Gasteiger partial charge in [0, 0.05) is 26.8 Å². The summed E-state index contributed by atoms with van der Waals surface area (Å²) in [5, 5.41) is 12.8. The number of thiophene rings is 1. The number of benzene rings is 10. The molecule has 10 aromatic carbocycles. The van der Waals surface area contributed by atoms with Crippen molar-refractivity contribution in [3.8, 4) is 22.3 Å². The lowest BCUT2D eigenvalue weighted by molar-refractivity contribution is 1.30. The number of hydrogen-bond acceptors (Lipinski definition) is 2. The van der Waals surface area contributed by atoms with E-state index in [1.807, 2.05) is 11.3 Å². The molecule has 2 heteroatoms. The van der Waals surface area contributed by atoms with Crippen molar-refractivity contribution >= 4 is 91.7 Å². The van der Waals surface area contributed by atoms with E-state index in [0.29, 0.717) is 0 Å². The fourth-order valence-corrected chi connectivity index (χ4v) is 9.51. The molecular formula is C52H33NS. The SMILES string of the molecule is c1ccc2c(c1)ccc1ccc(-c3ccc(N(c4ccc(-c5ccc6ccc7ccccc7c6c5)cc4)c4cccc5c4sc4ccccc45)cc3)cc12. The summed E-state index contributed by atoms with van der Waals surface area (Å²) in [5.41, 5.74) is 8.27. The molecule has 0 aliphatic heterocycles. The summed E-state index contributed by atoms with van der Waals surface area (Å²) in [4.78, 5) is 2.42. The highest BCUT2D eigenvalue weighted by atomic mass is 32.1. The lowest BCUT2D eigenvalue weighted by atomic mass is 9.96. The number of nitrogens with zero attached hydrogens (tertiary/aromatic N) is 1. The second-order valence-electron chi connectivity index (χ2n) is 14.1. The standard InChI is InChI=1S/C52H33NS/c1-3-10-44-36(8-1)16-18-38-20-22-40(32-48(38)44)34-24-28-42(29-25-34)53(50-14-7-13-47-46-12-5-6-15-51(46)54-52(47)50)43-30-26-35(27-31-43)41-23-21-39-19-17-37-9-2-4-11-45(37)49(39)33-41/h1-33H. The summed E-state index contributed by atoms with van der Waals surface area (Å²) < 4.78 is 2.59. The summed E-state index contributed by atoms with van der Waals surface area (Å²) in [6.45, 7) is 0. The van der Waals surface area contributed by atoms with Crippen molar-refractivity contribution in [3.05, 3.63) is 200 Å². The van der Waals surface area contributed by atoms with Gasteiger partial charge in [0.2, 0.25) is 0 Å². The maximum Gasteiger partial charge on any atom is 0.0640 e. The van der Waals surface area contributed by atoms with Gasteiger partial charge in [0.25, 0.3) is 0 Å². The monoisotopic (exact) mass is 703 g/mol. The van der Waals surface area contributed by atoms with Crippen LogP contribution in [0.5, 0.6) is 0 Å². The smallest absolute Gasteiger partial charge is 0.0640 e. The fourth-order valence-electron chi connectivity index (χ4n) is 8.30. The molecule has 0 aliphatic carbocycles. The first-order chi connectivity index (χ1) is 26.7. The topological polar surface area (TPSA) is 3.24 Å². The molecular weight excluding hydrogens is 671 g/mol. The summed E-state index contributed by atoms with van der Waals surface area (Å²) in [5.74, 6) is 0. The van der Waals surface area contributed by atoms with Gasteiger partial charge in [0.1, 0.15) is 0 Å². The molecule has 11 aromatic rings. The summed E-state index contributed by atoms with van der Waals surface area (Å²) in [7, 11) is 0. The van der Waals surface area contributed by atoms with E-state index in [2.05, 4.69) is 205 Å². The molecule has 0 aliphatic rings. The molecule has 11 rings (SSSR count). The van der Waals surface area contributed by atoms with Crippen molar-refractivity contribution in [1.29, 1.82) is 0 Å². The van der Waals surface area contributed by atoms with Gasteiger partial charge in [-0.2, -0.15) is 0 Å². The van der Waals surface area contributed by atoms with Gasteiger partial charge in [-0.1, -0.05) is 152 Å². The van der Waals surface area contributed by atoms with E-state index in [1.165, 1.54) is 91.2 Å². The van der Waals surface area contributed by atoms with Crippen molar-refractivity contribution in [3.63, 3.8) is 0 Å². The Morgan fingerprint density at radius 1 is 0.296 bits per heavy atom. The minimum absolute atomic E-state index is 1.12. The van der Waals surface area contributed by atoms with Crippen molar-refractivity contribution in [1.82, 2.24) is 0 Å². The molecule has 0 amide bonds. The summed E-state index contributed by atoms with van der Waals surface area (Å²) in [6, 6.07) is 73.5. The Kier molecular flexibility index (Phi) is 7.11. The molecule has 0 unspecified atom stereocenters. The highest BCUT2D eigenvalue weighted by Gasteiger charge is 2.18. The third kappa shape index (κ3) is 5.07. The summed E-state index contributed by atoms with van der Waals surface area (Å²) >= 11 is 1.87. The van der Waals surface area contributed by atoms with Crippen molar-refractivity contribution < 1.29 is 0 Å². The molecule has 0 fully saturated rings. The van der Waals surface area contributed by atoms with Gasteiger partial charge in [-0.15, -0.1) is 11.3 Å². The number of fused-ring (bicyclic) bond motifs is 9. The molecule has 0 saturated heterocycles. The van der Waals surface area contributed by atoms with E-state index in [1.54, 1.807) is 0 Å². The summed E-state index contributed by atoms with van der Waals surface area (Å²) in [6.07, 6.45) is 0. The van der Waals surface area contributed by atoms with Crippen LogP contribution in [-0.4, -0.2) is 0 Å². The molecule has 0 N–H and O–H groups in total. The van der Waals surface area contributed by atoms with Gasteiger partial charge in [0.15, 0.2) is 0 Å². The highest BCUT2D eigenvalue weighted by molar-refractivity contribution is 7.26. The van der Waals surface area contributed by atoms with Crippen molar-refractivity contribution in [2.45, 2.75) is 0 Å². The predicted molar refractivity (Wildman–Crippen MR) is 235 cm³/mol. The van der Waals surface area contributed by atoms with Crippen LogP contribution in [0.4, 0.5) is 17.1 Å². The average Bonchev–Trinajstić information content (AvgIpc) is 3.63. The molecule has 1 nitrogen and oxygen atoms in total. The first-order valence-corrected chi connectivity index (χ1v) is 19.3. The third-order valence-electron chi connectivity index (χ3n) is 11.0. The van der Waals surface area contributed by atoms with E-state index in [-0.39, 0.29) is 0 Å². The van der Waals surface area contributed by atoms with E-state index < -0.39 is 0 Å².